The number of likely N-dealkylation sites (tertiary alicyclic amines) is 1. The SMILES string of the molecule is CCC(=C(C)C(=O)O)N1CCCC1=O. The monoisotopic (exact) mass is 197 g/mol. The molecule has 0 bridgehead atoms. The van der Waals surface area contributed by atoms with Crippen molar-refractivity contribution in [3.05, 3.63) is 11.3 Å². The lowest BCUT2D eigenvalue weighted by molar-refractivity contribution is -0.132. The number of carboxylic acids is 1. The summed E-state index contributed by atoms with van der Waals surface area (Å²) >= 11 is 0. The van der Waals surface area contributed by atoms with Crippen molar-refractivity contribution in [1.29, 1.82) is 0 Å². The lowest BCUT2D eigenvalue weighted by atomic mass is 10.1. The third-order valence-electron chi connectivity index (χ3n) is 2.49. The maximum absolute atomic E-state index is 11.4. The molecule has 0 unspecified atom stereocenters. The van der Waals surface area contributed by atoms with Crippen molar-refractivity contribution in [3.8, 4) is 0 Å². The van der Waals surface area contributed by atoms with Crippen LogP contribution in [-0.4, -0.2) is 28.4 Å². The molecular formula is C10H15NO3. The van der Waals surface area contributed by atoms with Gasteiger partial charge in [0.25, 0.3) is 0 Å². The molecule has 4 heteroatoms. The average Bonchev–Trinajstić information content (AvgIpc) is 2.53. The summed E-state index contributed by atoms with van der Waals surface area (Å²) in [6.45, 7) is 4.08. The molecule has 0 saturated carbocycles. The van der Waals surface area contributed by atoms with E-state index in [2.05, 4.69) is 0 Å². The summed E-state index contributed by atoms with van der Waals surface area (Å²) in [6.07, 6.45) is 1.95. The first kappa shape index (κ1) is 10.8. The van der Waals surface area contributed by atoms with Gasteiger partial charge in [0.05, 0.1) is 5.57 Å². The van der Waals surface area contributed by atoms with E-state index in [0.717, 1.165) is 6.42 Å². The molecule has 0 atom stereocenters. The van der Waals surface area contributed by atoms with Crippen LogP contribution in [0.25, 0.3) is 0 Å². The molecule has 0 aromatic rings. The number of amides is 1. The topological polar surface area (TPSA) is 57.6 Å². The minimum atomic E-state index is -0.943. The van der Waals surface area contributed by atoms with Gasteiger partial charge < -0.3 is 10.0 Å². The van der Waals surface area contributed by atoms with Crippen LogP contribution in [0.5, 0.6) is 0 Å². The summed E-state index contributed by atoms with van der Waals surface area (Å²) < 4.78 is 0. The minimum absolute atomic E-state index is 0.0439. The van der Waals surface area contributed by atoms with Gasteiger partial charge in [-0.25, -0.2) is 4.79 Å². The largest absolute Gasteiger partial charge is 0.478 e. The van der Waals surface area contributed by atoms with Gasteiger partial charge in [-0.3, -0.25) is 4.79 Å². The molecule has 4 nitrogen and oxygen atoms in total. The number of allylic oxidation sites excluding steroid dienone is 1. The number of hydrogen-bond donors (Lipinski definition) is 1. The van der Waals surface area contributed by atoms with E-state index in [-0.39, 0.29) is 11.5 Å². The molecule has 0 spiro atoms. The summed E-state index contributed by atoms with van der Waals surface area (Å²) in [5.41, 5.74) is 0.933. The number of carbonyl (C=O) groups excluding carboxylic acids is 1. The Labute approximate surface area is 83.2 Å². The molecule has 1 fully saturated rings. The van der Waals surface area contributed by atoms with Crippen LogP contribution in [0.15, 0.2) is 11.3 Å². The van der Waals surface area contributed by atoms with Crippen LogP contribution < -0.4 is 0 Å². The van der Waals surface area contributed by atoms with Gasteiger partial charge >= 0.3 is 5.97 Å². The first-order chi connectivity index (χ1) is 6.57. The standard InChI is InChI=1S/C10H15NO3/c1-3-8(7(2)10(13)14)11-6-4-5-9(11)12/h3-6H2,1-2H3,(H,13,14). The van der Waals surface area contributed by atoms with Gasteiger partial charge in [0, 0.05) is 18.7 Å². The second-order valence-electron chi connectivity index (χ2n) is 3.38. The van der Waals surface area contributed by atoms with Crippen LogP contribution in [-0.2, 0) is 9.59 Å². The molecule has 1 rings (SSSR count). The third-order valence-corrected chi connectivity index (χ3v) is 2.49. The van der Waals surface area contributed by atoms with Crippen molar-refractivity contribution in [3.63, 3.8) is 0 Å². The summed E-state index contributed by atoms with van der Waals surface area (Å²) in [5.74, 6) is -0.899. The maximum Gasteiger partial charge on any atom is 0.333 e. The molecule has 1 aliphatic heterocycles. The van der Waals surface area contributed by atoms with Gasteiger partial charge in [0.2, 0.25) is 5.91 Å². The van der Waals surface area contributed by atoms with Gasteiger partial charge in [0.15, 0.2) is 0 Å². The lowest BCUT2D eigenvalue weighted by Gasteiger charge is -2.19. The highest BCUT2D eigenvalue weighted by molar-refractivity contribution is 5.89. The van der Waals surface area contributed by atoms with Crippen molar-refractivity contribution in [2.45, 2.75) is 33.1 Å². The van der Waals surface area contributed by atoms with E-state index in [0.29, 0.717) is 25.1 Å². The van der Waals surface area contributed by atoms with Gasteiger partial charge in [-0.15, -0.1) is 0 Å². The zero-order valence-electron chi connectivity index (χ0n) is 8.54. The van der Waals surface area contributed by atoms with Crippen molar-refractivity contribution in [1.82, 2.24) is 4.90 Å². The molecule has 1 aliphatic rings. The molecular weight excluding hydrogens is 182 g/mol. The fourth-order valence-electron chi connectivity index (χ4n) is 1.72. The second kappa shape index (κ2) is 4.26. The quantitative estimate of drug-likeness (QED) is 0.695. The van der Waals surface area contributed by atoms with Crippen molar-refractivity contribution >= 4 is 11.9 Å². The van der Waals surface area contributed by atoms with Crippen LogP contribution in [0, 0.1) is 0 Å². The molecule has 78 valence electrons. The molecule has 0 radical (unpaired) electrons. The zero-order valence-corrected chi connectivity index (χ0v) is 8.54. The number of aliphatic carboxylic acids is 1. The van der Waals surface area contributed by atoms with Crippen molar-refractivity contribution < 1.29 is 14.7 Å². The molecule has 1 amide bonds. The zero-order chi connectivity index (χ0) is 10.7. The third kappa shape index (κ3) is 1.95. The molecule has 0 aromatic carbocycles. The predicted molar refractivity (Wildman–Crippen MR) is 51.6 cm³/mol. The number of rotatable bonds is 3. The average molecular weight is 197 g/mol. The summed E-state index contributed by atoms with van der Waals surface area (Å²) in [7, 11) is 0. The minimum Gasteiger partial charge on any atom is -0.478 e. The van der Waals surface area contributed by atoms with Crippen molar-refractivity contribution in [2.75, 3.05) is 6.54 Å². The number of hydrogen-bond acceptors (Lipinski definition) is 2. The Kier molecular flexibility index (Phi) is 3.28. The molecule has 1 N–H and O–H groups in total. The van der Waals surface area contributed by atoms with Gasteiger partial charge in [-0.05, 0) is 19.8 Å². The number of nitrogens with zero attached hydrogens (tertiary/aromatic N) is 1. The maximum atomic E-state index is 11.4. The Morgan fingerprint density at radius 3 is 2.57 bits per heavy atom. The second-order valence-corrected chi connectivity index (χ2v) is 3.38. The molecule has 0 aromatic heterocycles. The molecule has 0 aliphatic carbocycles. The van der Waals surface area contributed by atoms with Crippen LogP contribution >= 0.6 is 0 Å². The Balaban J connectivity index is 2.96. The van der Waals surface area contributed by atoms with E-state index in [9.17, 15) is 9.59 Å². The highest BCUT2D eigenvalue weighted by atomic mass is 16.4. The van der Waals surface area contributed by atoms with Crippen LogP contribution in [0.2, 0.25) is 0 Å². The van der Waals surface area contributed by atoms with Crippen molar-refractivity contribution in [2.24, 2.45) is 0 Å². The number of carbonyl (C=O) groups is 2. The van der Waals surface area contributed by atoms with Gasteiger partial charge in [-0.2, -0.15) is 0 Å². The molecule has 1 heterocycles. The van der Waals surface area contributed by atoms with Crippen LogP contribution in [0.4, 0.5) is 0 Å². The van der Waals surface area contributed by atoms with E-state index < -0.39 is 5.97 Å². The summed E-state index contributed by atoms with van der Waals surface area (Å²) in [6, 6.07) is 0. The van der Waals surface area contributed by atoms with E-state index in [1.54, 1.807) is 11.8 Å². The Morgan fingerprint density at radius 2 is 2.21 bits per heavy atom. The fraction of sp³-hybridized carbons (Fsp3) is 0.600. The van der Waals surface area contributed by atoms with E-state index in [1.165, 1.54) is 0 Å². The normalized spacial score (nSPS) is 18.4. The Bertz CT molecular complexity index is 294. The van der Waals surface area contributed by atoms with Gasteiger partial charge in [0.1, 0.15) is 0 Å². The van der Waals surface area contributed by atoms with Crippen LogP contribution in [0.3, 0.4) is 0 Å². The van der Waals surface area contributed by atoms with E-state index in [1.807, 2.05) is 6.92 Å². The first-order valence-electron chi connectivity index (χ1n) is 4.81. The lowest BCUT2D eigenvalue weighted by Crippen LogP contribution is -2.26. The predicted octanol–water partition coefficient (Wildman–Crippen LogP) is 1.38. The number of carboxylic acid groups (broad SMARTS) is 1. The van der Waals surface area contributed by atoms with Gasteiger partial charge in [-0.1, -0.05) is 6.92 Å². The molecule has 1 saturated heterocycles. The summed E-state index contributed by atoms with van der Waals surface area (Å²) in [5, 5.41) is 8.83. The van der Waals surface area contributed by atoms with E-state index in [4.69, 9.17) is 5.11 Å². The van der Waals surface area contributed by atoms with E-state index >= 15 is 0 Å². The fourth-order valence-corrected chi connectivity index (χ4v) is 1.72. The first-order valence-corrected chi connectivity index (χ1v) is 4.81. The Morgan fingerprint density at radius 1 is 1.57 bits per heavy atom. The molecule has 14 heavy (non-hydrogen) atoms. The van der Waals surface area contributed by atoms with Crippen LogP contribution in [0.1, 0.15) is 33.1 Å². The highest BCUT2D eigenvalue weighted by Crippen LogP contribution is 2.21. The summed E-state index contributed by atoms with van der Waals surface area (Å²) in [4.78, 5) is 23.8. The smallest absolute Gasteiger partial charge is 0.333 e. The Hall–Kier alpha value is -1.32. The highest BCUT2D eigenvalue weighted by Gasteiger charge is 2.25.